The molecule has 0 radical (unpaired) electrons. The summed E-state index contributed by atoms with van der Waals surface area (Å²) < 4.78 is 13.5. The zero-order valence-electron chi connectivity index (χ0n) is 8.73. The van der Waals surface area contributed by atoms with Crippen LogP contribution in [0.2, 0.25) is 0 Å². The molecule has 84 valence electrons. The van der Waals surface area contributed by atoms with Crippen LogP contribution in [0, 0.1) is 15.9 Å². The maximum atomic E-state index is 13.5. The molecule has 0 saturated carbocycles. The Morgan fingerprint density at radius 1 is 1.50 bits per heavy atom. The maximum absolute atomic E-state index is 13.5. The van der Waals surface area contributed by atoms with E-state index in [2.05, 4.69) is 4.99 Å². The third-order valence-electron chi connectivity index (χ3n) is 2.13. The van der Waals surface area contributed by atoms with Crippen molar-refractivity contribution in [2.45, 2.75) is 19.4 Å². The number of halogens is 1. The first-order chi connectivity index (χ1) is 7.40. The molecule has 0 bridgehead atoms. The van der Waals surface area contributed by atoms with E-state index in [1.807, 2.05) is 0 Å². The highest BCUT2D eigenvalue weighted by atomic mass is 19.1. The van der Waals surface area contributed by atoms with Gasteiger partial charge in [-0.1, -0.05) is 6.07 Å². The van der Waals surface area contributed by atoms with E-state index in [1.165, 1.54) is 32.1 Å². The van der Waals surface area contributed by atoms with E-state index in [0.29, 0.717) is 0 Å². The van der Waals surface area contributed by atoms with E-state index >= 15 is 0 Å². The van der Waals surface area contributed by atoms with E-state index in [-0.39, 0.29) is 5.56 Å². The molecule has 0 unspecified atom stereocenters. The lowest BCUT2D eigenvalue weighted by Crippen LogP contribution is -2.18. The van der Waals surface area contributed by atoms with Crippen molar-refractivity contribution in [2.24, 2.45) is 4.99 Å². The van der Waals surface area contributed by atoms with Crippen LogP contribution in [-0.2, 0) is 10.3 Å². The molecule has 5 nitrogen and oxygen atoms in total. The average molecular weight is 224 g/mol. The van der Waals surface area contributed by atoms with E-state index in [4.69, 9.17) is 0 Å². The lowest BCUT2D eigenvalue weighted by atomic mass is 9.93. The first kappa shape index (κ1) is 12.0. The third-order valence-corrected chi connectivity index (χ3v) is 2.13. The van der Waals surface area contributed by atoms with Gasteiger partial charge in [0.2, 0.25) is 6.08 Å². The lowest BCUT2D eigenvalue weighted by molar-refractivity contribution is -0.386. The van der Waals surface area contributed by atoms with Gasteiger partial charge in [-0.05, 0) is 19.9 Å². The summed E-state index contributed by atoms with van der Waals surface area (Å²) in [5.74, 6) is -0.766. The molecule has 0 fully saturated rings. The Morgan fingerprint density at radius 2 is 2.12 bits per heavy atom. The quantitative estimate of drug-likeness (QED) is 0.342. The summed E-state index contributed by atoms with van der Waals surface area (Å²) in [6.07, 6.45) is 1.29. The molecule has 1 rings (SSSR count). The standard InChI is InChI=1S/C10H9FN2O3/c1-10(2,12-6-14)9-7(11)4-3-5-8(9)13(15)16/h3-5H,1-2H3. The van der Waals surface area contributed by atoms with E-state index < -0.39 is 22.0 Å². The van der Waals surface area contributed by atoms with Crippen LogP contribution in [0.5, 0.6) is 0 Å². The number of nitro benzene ring substituents is 1. The fraction of sp³-hybridized carbons (Fsp3) is 0.300. The highest BCUT2D eigenvalue weighted by Gasteiger charge is 2.32. The minimum atomic E-state index is -1.31. The highest BCUT2D eigenvalue weighted by molar-refractivity contribution is 5.47. The third kappa shape index (κ3) is 2.12. The van der Waals surface area contributed by atoms with Crippen molar-refractivity contribution in [3.63, 3.8) is 0 Å². The monoisotopic (exact) mass is 224 g/mol. The van der Waals surface area contributed by atoms with Gasteiger partial charge in [0, 0.05) is 6.07 Å². The molecule has 0 N–H and O–H groups in total. The van der Waals surface area contributed by atoms with Crippen molar-refractivity contribution < 1.29 is 14.1 Å². The van der Waals surface area contributed by atoms with Crippen LogP contribution < -0.4 is 0 Å². The molecule has 0 aromatic heterocycles. The summed E-state index contributed by atoms with van der Waals surface area (Å²) in [6.45, 7) is 2.81. The van der Waals surface area contributed by atoms with E-state index in [9.17, 15) is 19.3 Å². The van der Waals surface area contributed by atoms with Crippen molar-refractivity contribution in [1.82, 2.24) is 0 Å². The van der Waals surface area contributed by atoms with Crippen LogP contribution in [0.25, 0.3) is 0 Å². The van der Waals surface area contributed by atoms with Gasteiger partial charge in [0.25, 0.3) is 5.69 Å². The van der Waals surface area contributed by atoms with Gasteiger partial charge in [0.15, 0.2) is 0 Å². The fourth-order valence-electron chi connectivity index (χ4n) is 1.44. The van der Waals surface area contributed by atoms with Gasteiger partial charge in [-0.3, -0.25) is 10.1 Å². The predicted octanol–water partition coefficient (Wildman–Crippen LogP) is 2.30. The number of hydrogen-bond acceptors (Lipinski definition) is 4. The first-order valence-corrected chi connectivity index (χ1v) is 4.42. The number of hydrogen-bond donors (Lipinski definition) is 0. The minimum absolute atomic E-state index is 0.219. The molecule has 1 aromatic carbocycles. The van der Waals surface area contributed by atoms with Crippen LogP contribution >= 0.6 is 0 Å². The summed E-state index contributed by atoms with van der Waals surface area (Å²) in [5, 5.41) is 10.7. The predicted molar refractivity (Wildman–Crippen MR) is 54.2 cm³/mol. The Kier molecular flexibility index (Phi) is 3.15. The molecule has 0 amide bonds. The van der Waals surface area contributed by atoms with Gasteiger partial charge in [0.05, 0.1) is 10.5 Å². The second-order valence-electron chi connectivity index (χ2n) is 3.65. The highest BCUT2D eigenvalue weighted by Crippen LogP contribution is 2.34. The molecule has 0 atom stereocenters. The number of benzene rings is 1. The van der Waals surface area contributed by atoms with Crippen LogP contribution in [0.15, 0.2) is 23.2 Å². The Balaban J connectivity index is 3.53. The van der Waals surface area contributed by atoms with Crippen molar-refractivity contribution in [1.29, 1.82) is 0 Å². The number of nitrogens with zero attached hydrogens (tertiary/aromatic N) is 2. The van der Waals surface area contributed by atoms with Gasteiger partial charge < -0.3 is 0 Å². The molecule has 1 aromatic rings. The summed E-state index contributed by atoms with van der Waals surface area (Å²) in [6, 6.07) is 3.49. The zero-order chi connectivity index (χ0) is 12.3. The van der Waals surface area contributed by atoms with E-state index in [1.54, 1.807) is 0 Å². The number of nitro groups is 1. The van der Waals surface area contributed by atoms with Crippen molar-refractivity contribution >= 4 is 11.8 Å². The molecule has 16 heavy (non-hydrogen) atoms. The molecule has 0 aliphatic carbocycles. The number of aliphatic imine (C=N–C) groups is 1. The minimum Gasteiger partial charge on any atom is -0.258 e. The van der Waals surface area contributed by atoms with Gasteiger partial charge in [-0.15, -0.1) is 0 Å². The molecule has 0 heterocycles. The normalized spacial score (nSPS) is 10.7. The number of carbonyl (C=O) groups excluding carboxylic acids is 1. The summed E-state index contributed by atoms with van der Waals surface area (Å²) in [5.41, 5.74) is -1.93. The number of rotatable bonds is 3. The summed E-state index contributed by atoms with van der Waals surface area (Å²) in [7, 11) is 0. The molecule has 6 heteroatoms. The lowest BCUT2D eigenvalue weighted by Gasteiger charge is -2.18. The summed E-state index contributed by atoms with van der Waals surface area (Å²) >= 11 is 0. The molecule has 0 aliphatic heterocycles. The van der Waals surface area contributed by atoms with Crippen LogP contribution in [0.1, 0.15) is 19.4 Å². The summed E-state index contributed by atoms with van der Waals surface area (Å²) in [4.78, 5) is 23.6. The molecular formula is C10H9FN2O3. The van der Waals surface area contributed by atoms with Crippen molar-refractivity contribution in [2.75, 3.05) is 0 Å². The Hall–Kier alpha value is -2.07. The van der Waals surface area contributed by atoms with Crippen molar-refractivity contribution in [3.05, 3.63) is 39.7 Å². The van der Waals surface area contributed by atoms with Gasteiger partial charge >= 0.3 is 0 Å². The SMILES string of the molecule is CC(C)(N=C=O)c1c(F)cccc1[N+](=O)[O-]. The van der Waals surface area contributed by atoms with Crippen LogP contribution in [0.4, 0.5) is 10.1 Å². The molecule has 0 spiro atoms. The second-order valence-corrected chi connectivity index (χ2v) is 3.65. The van der Waals surface area contributed by atoms with Crippen LogP contribution in [-0.4, -0.2) is 11.0 Å². The van der Waals surface area contributed by atoms with Gasteiger partial charge in [0.1, 0.15) is 11.4 Å². The molecular weight excluding hydrogens is 215 g/mol. The molecule has 0 saturated heterocycles. The fourth-order valence-corrected chi connectivity index (χ4v) is 1.44. The van der Waals surface area contributed by atoms with Gasteiger partial charge in [-0.25, -0.2) is 9.18 Å². The topological polar surface area (TPSA) is 72.6 Å². The Bertz CT molecular complexity index is 479. The second kappa shape index (κ2) is 4.20. The number of isocyanates is 1. The smallest absolute Gasteiger partial charge is 0.258 e. The van der Waals surface area contributed by atoms with Crippen LogP contribution in [0.3, 0.4) is 0 Å². The average Bonchev–Trinajstić information content (AvgIpc) is 2.16. The molecule has 0 aliphatic rings. The van der Waals surface area contributed by atoms with E-state index in [0.717, 1.165) is 6.07 Å². The maximum Gasteiger partial charge on any atom is 0.278 e. The van der Waals surface area contributed by atoms with Crippen molar-refractivity contribution in [3.8, 4) is 0 Å². The zero-order valence-corrected chi connectivity index (χ0v) is 8.73. The Labute approximate surface area is 90.8 Å². The Morgan fingerprint density at radius 3 is 2.62 bits per heavy atom. The van der Waals surface area contributed by atoms with Gasteiger partial charge in [-0.2, -0.15) is 4.99 Å². The largest absolute Gasteiger partial charge is 0.278 e. The first-order valence-electron chi connectivity index (χ1n) is 4.42.